The second-order valence-corrected chi connectivity index (χ2v) is 6.36. The molecular weight excluding hydrogens is 368 g/mol. The first-order valence-corrected chi connectivity index (χ1v) is 8.65. The van der Waals surface area contributed by atoms with Gasteiger partial charge in [-0.15, -0.1) is 0 Å². The smallest absolute Gasteiger partial charge is 0.255 e. The van der Waals surface area contributed by atoms with Crippen LogP contribution in [-0.2, 0) is 6.61 Å². The van der Waals surface area contributed by atoms with E-state index in [0.717, 1.165) is 11.3 Å². The monoisotopic (exact) mass is 386 g/mol. The highest BCUT2D eigenvalue weighted by atomic mass is 35.5. The number of aromatic nitrogens is 1. The van der Waals surface area contributed by atoms with Gasteiger partial charge in [0, 0.05) is 16.3 Å². The van der Waals surface area contributed by atoms with Gasteiger partial charge in [0.1, 0.15) is 12.4 Å². The first-order valence-electron chi connectivity index (χ1n) is 8.27. The number of hydrogen-bond donors (Lipinski definition) is 1. The Labute approximate surface area is 162 Å². The molecule has 6 nitrogen and oxygen atoms in total. The summed E-state index contributed by atoms with van der Waals surface area (Å²) in [5.74, 6) is 1.43. The minimum atomic E-state index is -0.271. The molecule has 0 saturated carbocycles. The molecule has 0 radical (unpaired) electrons. The van der Waals surface area contributed by atoms with Crippen LogP contribution in [-0.4, -0.2) is 18.2 Å². The maximum Gasteiger partial charge on any atom is 0.255 e. The lowest BCUT2D eigenvalue weighted by atomic mass is 10.1. The van der Waals surface area contributed by atoms with E-state index in [-0.39, 0.29) is 5.91 Å². The third-order valence-electron chi connectivity index (χ3n) is 4.06. The molecule has 0 bridgehead atoms. The molecule has 1 N–H and O–H groups in total. The molecule has 1 aromatic heterocycles. The number of aryl methyl sites for hydroxylation is 2. The van der Waals surface area contributed by atoms with Gasteiger partial charge in [-0.1, -0.05) is 22.8 Å². The average molecular weight is 387 g/mol. The van der Waals surface area contributed by atoms with Crippen molar-refractivity contribution in [3.63, 3.8) is 0 Å². The minimum absolute atomic E-state index is 0.271. The lowest BCUT2D eigenvalue weighted by molar-refractivity contribution is 0.102. The molecule has 0 aliphatic heterocycles. The first-order chi connectivity index (χ1) is 13.0. The zero-order chi connectivity index (χ0) is 19.4. The summed E-state index contributed by atoms with van der Waals surface area (Å²) in [6, 6.07) is 12.0. The number of nitrogens with one attached hydrogen (secondary N) is 1. The molecule has 0 aliphatic carbocycles. The van der Waals surface area contributed by atoms with Crippen LogP contribution in [0.15, 0.2) is 47.0 Å². The summed E-state index contributed by atoms with van der Waals surface area (Å²) in [7, 11) is 1.52. The highest BCUT2D eigenvalue weighted by Crippen LogP contribution is 2.30. The third kappa shape index (κ3) is 4.41. The number of carbonyl (C=O) groups is 1. The number of hydrogen-bond acceptors (Lipinski definition) is 5. The zero-order valence-electron chi connectivity index (χ0n) is 15.2. The molecule has 0 aliphatic rings. The summed E-state index contributed by atoms with van der Waals surface area (Å²) in [6.07, 6.45) is 0. The largest absolute Gasteiger partial charge is 0.493 e. The predicted molar refractivity (Wildman–Crippen MR) is 103 cm³/mol. The van der Waals surface area contributed by atoms with Gasteiger partial charge < -0.3 is 19.3 Å². The van der Waals surface area contributed by atoms with Crippen molar-refractivity contribution < 1.29 is 18.8 Å². The van der Waals surface area contributed by atoms with E-state index < -0.39 is 0 Å². The van der Waals surface area contributed by atoms with E-state index in [1.54, 1.807) is 42.5 Å². The molecule has 0 saturated heterocycles. The van der Waals surface area contributed by atoms with Crippen LogP contribution in [0.3, 0.4) is 0 Å². The lowest BCUT2D eigenvalue weighted by Crippen LogP contribution is -2.12. The Morgan fingerprint density at radius 2 is 2.00 bits per heavy atom. The van der Waals surface area contributed by atoms with Crippen molar-refractivity contribution in [2.45, 2.75) is 20.5 Å². The van der Waals surface area contributed by atoms with Gasteiger partial charge in [0.25, 0.3) is 5.91 Å². The number of carbonyl (C=O) groups excluding carboxylic acids is 1. The maximum atomic E-state index is 12.5. The van der Waals surface area contributed by atoms with Crippen LogP contribution in [0.25, 0.3) is 0 Å². The Hall–Kier alpha value is -2.99. The standard InChI is InChI=1S/C20H19ClN2O4/c1-12-17(13(2)27-23-12)11-26-18-8-7-14(9-19(18)25-3)20(24)22-16-6-4-5-15(21)10-16/h4-10H,11H2,1-3H3,(H,22,24). The van der Waals surface area contributed by atoms with Crippen LogP contribution in [0.2, 0.25) is 5.02 Å². The normalized spacial score (nSPS) is 10.5. The quantitative estimate of drug-likeness (QED) is 0.659. The van der Waals surface area contributed by atoms with Crippen LogP contribution < -0.4 is 14.8 Å². The molecule has 7 heteroatoms. The number of halogens is 1. The molecule has 0 atom stereocenters. The van der Waals surface area contributed by atoms with Crippen LogP contribution >= 0.6 is 11.6 Å². The van der Waals surface area contributed by atoms with Crippen molar-refractivity contribution in [1.82, 2.24) is 5.16 Å². The van der Waals surface area contributed by atoms with Gasteiger partial charge in [-0.05, 0) is 50.2 Å². The van der Waals surface area contributed by atoms with Crippen LogP contribution in [0.4, 0.5) is 5.69 Å². The molecule has 0 spiro atoms. The highest BCUT2D eigenvalue weighted by molar-refractivity contribution is 6.30. The van der Waals surface area contributed by atoms with Gasteiger partial charge in [0.2, 0.25) is 0 Å². The summed E-state index contributed by atoms with van der Waals surface area (Å²) in [5.41, 5.74) is 2.73. The second kappa shape index (κ2) is 8.14. The van der Waals surface area contributed by atoms with E-state index in [0.29, 0.717) is 40.1 Å². The fraction of sp³-hybridized carbons (Fsp3) is 0.200. The molecule has 1 amide bonds. The van der Waals surface area contributed by atoms with Crippen molar-refractivity contribution in [3.05, 3.63) is 70.1 Å². The van der Waals surface area contributed by atoms with Crippen molar-refractivity contribution in [2.24, 2.45) is 0 Å². The second-order valence-electron chi connectivity index (χ2n) is 5.92. The van der Waals surface area contributed by atoms with E-state index in [4.69, 9.17) is 25.6 Å². The molecule has 27 heavy (non-hydrogen) atoms. The molecule has 1 heterocycles. The zero-order valence-corrected chi connectivity index (χ0v) is 16.0. The third-order valence-corrected chi connectivity index (χ3v) is 4.30. The number of benzene rings is 2. The summed E-state index contributed by atoms with van der Waals surface area (Å²) in [6.45, 7) is 3.99. The fourth-order valence-electron chi connectivity index (χ4n) is 2.56. The van der Waals surface area contributed by atoms with E-state index in [9.17, 15) is 4.79 Å². The fourth-order valence-corrected chi connectivity index (χ4v) is 2.75. The Morgan fingerprint density at radius 3 is 2.67 bits per heavy atom. The Morgan fingerprint density at radius 1 is 1.19 bits per heavy atom. The molecule has 140 valence electrons. The highest BCUT2D eigenvalue weighted by Gasteiger charge is 2.14. The molecule has 3 rings (SSSR count). The Balaban J connectivity index is 1.74. The average Bonchev–Trinajstić information content (AvgIpc) is 2.97. The van der Waals surface area contributed by atoms with Crippen molar-refractivity contribution in [2.75, 3.05) is 12.4 Å². The molecule has 2 aromatic carbocycles. The van der Waals surface area contributed by atoms with Gasteiger partial charge >= 0.3 is 0 Å². The molecular formula is C20H19ClN2O4. The number of methoxy groups -OCH3 is 1. The molecule has 0 fully saturated rings. The van der Waals surface area contributed by atoms with Gasteiger partial charge in [0.05, 0.1) is 18.4 Å². The van der Waals surface area contributed by atoms with E-state index >= 15 is 0 Å². The van der Waals surface area contributed by atoms with Crippen molar-refractivity contribution in [1.29, 1.82) is 0 Å². The number of anilines is 1. The predicted octanol–water partition coefficient (Wildman–Crippen LogP) is 4.78. The van der Waals surface area contributed by atoms with Crippen LogP contribution in [0.1, 0.15) is 27.4 Å². The van der Waals surface area contributed by atoms with Crippen molar-refractivity contribution in [3.8, 4) is 11.5 Å². The Kier molecular flexibility index (Phi) is 5.66. The molecule has 0 unspecified atom stereocenters. The van der Waals surface area contributed by atoms with E-state index in [1.807, 2.05) is 13.8 Å². The van der Waals surface area contributed by atoms with E-state index in [1.165, 1.54) is 7.11 Å². The molecule has 3 aromatic rings. The van der Waals surface area contributed by atoms with Gasteiger partial charge in [-0.3, -0.25) is 4.79 Å². The Bertz CT molecular complexity index is 949. The van der Waals surface area contributed by atoms with Crippen molar-refractivity contribution >= 4 is 23.2 Å². The van der Waals surface area contributed by atoms with E-state index in [2.05, 4.69) is 10.5 Å². The lowest BCUT2D eigenvalue weighted by Gasteiger charge is -2.12. The number of nitrogens with zero attached hydrogens (tertiary/aromatic N) is 1. The first kappa shape index (κ1) is 18.8. The SMILES string of the molecule is COc1cc(C(=O)Nc2cccc(Cl)c2)ccc1OCc1c(C)noc1C. The minimum Gasteiger partial charge on any atom is -0.493 e. The summed E-state index contributed by atoms with van der Waals surface area (Å²) < 4.78 is 16.3. The number of ether oxygens (including phenoxy) is 2. The van der Waals surface area contributed by atoms with Crippen LogP contribution in [0, 0.1) is 13.8 Å². The summed E-state index contributed by atoms with van der Waals surface area (Å²) >= 11 is 5.94. The van der Waals surface area contributed by atoms with Gasteiger partial charge in [0.15, 0.2) is 11.5 Å². The number of amides is 1. The maximum absolute atomic E-state index is 12.5. The topological polar surface area (TPSA) is 73.6 Å². The summed E-state index contributed by atoms with van der Waals surface area (Å²) in [5, 5.41) is 7.25. The number of rotatable bonds is 6. The van der Waals surface area contributed by atoms with Gasteiger partial charge in [-0.2, -0.15) is 0 Å². The summed E-state index contributed by atoms with van der Waals surface area (Å²) in [4.78, 5) is 12.5. The van der Waals surface area contributed by atoms with Crippen LogP contribution in [0.5, 0.6) is 11.5 Å². The van der Waals surface area contributed by atoms with Gasteiger partial charge in [-0.25, -0.2) is 0 Å².